The number of nitrogens with zero attached hydrogens (tertiary/aromatic N) is 1. The van der Waals surface area contributed by atoms with Crippen LogP contribution in [0.1, 0.15) is 25.5 Å². The zero-order valence-corrected chi connectivity index (χ0v) is 12.5. The summed E-state index contributed by atoms with van der Waals surface area (Å²) in [5.41, 5.74) is 0.178. The summed E-state index contributed by atoms with van der Waals surface area (Å²) in [5, 5.41) is 20.8. The van der Waals surface area contributed by atoms with Gasteiger partial charge < -0.3 is 14.6 Å². The first-order valence-corrected chi connectivity index (χ1v) is 6.47. The van der Waals surface area contributed by atoms with Crippen LogP contribution in [0.15, 0.2) is 16.6 Å². The van der Waals surface area contributed by atoms with Crippen LogP contribution in [-0.4, -0.2) is 29.9 Å². The standard InChI is InChI=1S/C12H16BrNO5/c1-7(6-18-3)19-12-10(8(2)15)4-9(13)5-11(12)14(16)17/h4-5,7-8,15H,6H2,1-3H3/t7?,8-/m1/s1. The van der Waals surface area contributed by atoms with Crippen LogP contribution in [0.2, 0.25) is 0 Å². The van der Waals surface area contributed by atoms with Crippen molar-refractivity contribution in [2.75, 3.05) is 13.7 Å². The third-order valence-corrected chi connectivity index (χ3v) is 2.89. The van der Waals surface area contributed by atoms with Gasteiger partial charge in [0.05, 0.1) is 17.6 Å². The van der Waals surface area contributed by atoms with Crippen molar-refractivity contribution in [1.82, 2.24) is 0 Å². The van der Waals surface area contributed by atoms with E-state index in [1.807, 2.05) is 0 Å². The molecule has 0 amide bonds. The van der Waals surface area contributed by atoms with Gasteiger partial charge in [0.15, 0.2) is 0 Å². The third kappa shape index (κ3) is 4.15. The van der Waals surface area contributed by atoms with Crippen molar-refractivity contribution in [2.45, 2.75) is 26.1 Å². The smallest absolute Gasteiger partial charge is 0.312 e. The molecule has 1 aromatic rings. The second kappa shape index (κ2) is 6.83. The maximum absolute atomic E-state index is 11.1. The number of benzene rings is 1. The summed E-state index contributed by atoms with van der Waals surface area (Å²) in [6, 6.07) is 2.95. The lowest BCUT2D eigenvalue weighted by Gasteiger charge is -2.18. The van der Waals surface area contributed by atoms with E-state index in [9.17, 15) is 15.2 Å². The number of methoxy groups -OCH3 is 1. The number of aliphatic hydroxyl groups excluding tert-OH is 1. The van der Waals surface area contributed by atoms with E-state index < -0.39 is 11.0 Å². The van der Waals surface area contributed by atoms with Gasteiger partial charge in [-0.15, -0.1) is 0 Å². The SMILES string of the molecule is COCC(C)Oc1c([C@@H](C)O)cc(Br)cc1[N+](=O)[O-]. The monoisotopic (exact) mass is 333 g/mol. The molecule has 19 heavy (non-hydrogen) atoms. The third-order valence-electron chi connectivity index (χ3n) is 2.43. The highest BCUT2D eigenvalue weighted by Gasteiger charge is 2.24. The fourth-order valence-corrected chi connectivity index (χ4v) is 2.11. The number of halogens is 1. The van der Waals surface area contributed by atoms with Gasteiger partial charge in [-0.1, -0.05) is 15.9 Å². The molecule has 0 aliphatic rings. The summed E-state index contributed by atoms with van der Waals surface area (Å²) >= 11 is 3.18. The minimum absolute atomic E-state index is 0.0766. The Balaban J connectivity index is 3.27. The van der Waals surface area contributed by atoms with Crippen LogP contribution in [0.5, 0.6) is 5.75 Å². The van der Waals surface area contributed by atoms with Crippen LogP contribution in [0, 0.1) is 10.1 Å². The lowest BCUT2D eigenvalue weighted by Crippen LogP contribution is -2.19. The van der Waals surface area contributed by atoms with Crippen molar-refractivity contribution >= 4 is 21.6 Å². The maximum atomic E-state index is 11.1. The van der Waals surface area contributed by atoms with Gasteiger partial charge in [0.2, 0.25) is 5.75 Å². The largest absolute Gasteiger partial charge is 0.481 e. The van der Waals surface area contributed by atoms with E-state index in [4.69, 9.17) is 9.47 Å². The zero-order chi connectivity index (χ0) is 14.6. The van der Waals surface area contributed by atoms with Gasteiger partial charge in [0.1, 0.15) is 6.10 Å². The Morgan fingerprint density at radius 1 is 1.47 bits per heavy atom. The molecule has 0 saturated carbocycles. The minimum Gasteiger partial charge on any atom is -0.481 e. The highest BCUT2D eigenvalue weighted by atomic mass is 79.9. The molecule has 0 aliphatic heterocycles. The van der Waals surface area contributed by atoms with Gasteiger partial charge in [0, 0.05) is 23.2 Å². The molecule has 1 unspecified atom stereocenters. The predicted octanol–water partition coefficient (Wildman–Crippen LogP) is 2.82. The number of hydrogen-bond acceptors (Lipinski definition) is 5. The molecule has 2 atom stereocenters. The van der Waals surface area contributed by atoms with E-state index in [2.05, 4.69) is 15.9 Å². The van der Waals surface area contributed by atoms with Crippen molar-refractivity contribution in [2.24, 2.45) is 0 Å². The number of nitro benzene ring substituents is 1. The molecular weight excluding hydrogens is 318 g/mol. The van der Waals surface area contributed by atoms with Crippen LogP contribution in [0.3, 0.4) is 0 Å². The molecule has 0 spiro atoms. The van der Waals surface area contributed by atoms with Gasteiger partial charge in [0.25, 0.3) is 0 Å². The van der Waals surface area contributed by atoms with Gasteiger partial charge in [-0.3, -0.25) is 10.1 Å². The Kier molecular flexibility index (Phi) is 5.71. The molecule has 0 bridgehead atoms. The number of ether oxygens (including phenoxy) is 2. The zero-order valence-electron chi connectivity index (χ0n) is 10.9. The molecule has 1 rings (SSSR count). The molecule has 1 aromatic carbocycles. The Bertz CT molecular complexity index is 464. The Morgan fingerprint density at radius 2 is 2.11 bits per heavy atom. The van der Waals surface area contributed by atoms with E-state index in [0.717, 1.165) is 0 Å². The Hall–Kier alpha value is -1.18. The number of hydrogen-bond donors (Lipinski definition) is 1. The molecule has 7 heteroatoms. The van der Waals surface area contributed by atoms with Crippen LogP contribution < -0.4 is 4.74 Å². The summed E-state index contributed by atoms with van der Waals surface area (Å²) in [6.07, 6.45) is -1.23. The summed E-state index contributed by atoms with van der Waals surface area (Å²) in [4.78, 5) is 10.5. The van der Waals surface area contributed by atoms with Gasteiger partial charge in [-0.2, -0.15) is 0 Å². The molecular formula is C12H16BrNO5. The van der Waals surface area contributed by atoms with E-state index in [-0.39, 0.29) is 17.5 Å². The first-order valence-electron chi connectivity index (χ1n) is 5.68. The van der Waals surface area contributed by atoms with Crippen molar-refractivity contribution in [3.8, 4) is 5.75 Å². The highest BCUT2D eigenvalue weighted by molar-refractivity contribution is 9.10. The number of aliphatic hydroxyl groups is 1. The van der Waals surface area contributed by atoms with E-state index in [1.165, 1.54) is 20.1 Å². The molecule has 0 radical (unpaired) electrons. The van der Waals surface area contributed by atoms with E-state index in [0.29, 0.717) is 16.6 Å². The van der Waals surface area contributed by atoms with Crippen molar-refractivity contribution < 1.29 is 19.5 Å². The molecule has 0 saturated heterocycles. The minimum atomic E-state index is -0.874. The fraction of sp³-hybridized carbons (Fsp3) is 0.500. The van der Waals surface area contributed by atoms with Crippen molar-refractivity contribution in [3.63, 3.8) is 0 Å². The molecule has 0 aliphatic carbocycles. The topological polar surface area (TPSA) is 81.8 Å². The predicted molar refractivity (Wildman–Crippen MR) is 73.4 cm³/mol. The van der Waals surface area contributed by atoms with Crippen LogP contribution >= 0.6 is 15.9 Å². The van der Waals surface area contributed by atoms with Crippen molar-refractivity contribution in [3.05, 3.63) is 32.3 Å². The van der Waals surface area contributed by atoms with Crippen molar-refractivity contribution in [1.29, 1.82) is 0 Å². The van der Waals surface area contributed by atoms with E-state index in [1.54, 1.807) is 13.0 Å². The maximum Gasteiger partial charge on any atom is 0.312 e. The Morgan fingerprint density at radius 3 is 2.58 bits per heavy atom. The average Bonchev–Trinajstić information content (AvgIpc) is 2.30. The highest BCUT2D eigenvalue weighted by Crippen LogP contribution is 2.38. The average molecular weight is 334 g/mol. The van der Waals surface area contributed by atoms with Crippen LogP contribution in [-0.2, 0) is 4.74 Å². The van der Waals surface area contributed by atoms with Gasteiger partial charge in [-0.25, -0.2) is 0 Å². The summed E-state index contributed by atoms with van der Waals surface area (Å²) in [5.74, 6) is 0.0766. The first-order chi connectivity index (χ1) is 8.86. The second-order valence-corrected chi connectivity index (χ2v) is 5.08. The quantitative estimate of drug-likeness (QED) is 0.639. The normalized spacial score (nSPS) is 13.9. The fourth-order valence-electron chi connectivity index (χ4n) is 1.64. The molecule has 6 nitrogen and oxygen atoms in total. The summed E-state index contributed by atoms with van der Waals surface area (Å²) in [6.45, 7) is 3.56. The molecule has 0 heterocycles. The number of nitro groups is 1. The molecule has 0 fully saturated rings. The van der Waals surface area contributed by atoms with E-state index >= 15 is 0 Å². The second-order valence-electron chi connectivity index (χ2n) is 4.16. The molecule has 1 N–H and O–H groups in total. The molecule has 106 valence electrons. The lowest BCUT2D eigenvalue weighted by atomic mass is 10.1. The summed E-state index contributed by atoms with van der Waals surface area (Å²) < 4.78 is 11.0. The molecule has 0 aromatic heterocycles. The number of rotatable bonds is 6. The Labute approximate surface area is 119 Å². The van der Waals surface area contributed by atoms with Gasteiger partial charge in [-0.05, 0) is 19.9 Å². The van der Waals surface area contributed by atoms with Crippen LogP contribution in [0.4, 0.5) is 5.69 Å². The van der Waals surface area contributed by atoms with Gasteiger partial charge >= 0.3 is 5.69 Å². The first kappa shape index (κ1) is 15.9. The van der Waals surface area contributed by atoms with Crippen LogP contribution in [0.25, 0.3) is 0 Å². The lowest BCUT2D eigenvalue weighted by molar-refractivity contribution is -0.386. The summed E-state index contributed by atoms with van der Waals surface area (Å²) in [7, 11) is 1.52.